The maximum Gasteiger partial charge on any atom is 0.214 e. The molecule has 2 aromatic carbocycles. The minimum absolute atomic E-state index is 0. The van der Waals surface area contributed by atoms with Crippen molar-refractivity contribution in [2.75, 3.05) is 27.8 Å². The number of benzene rings is 2. The van der Waals surface area contributed by atoms with Crippen molar-refractivity contribution in [3.63, 3.8) is 0 Å². The number of hydrogen-bond acceptors (Lipinski definition) is 2. The van der Waals surface area contributed by atoms with E-state index in [1.165, 1.54) is 28.0 Å². The number of halogens is 1. The molecule has 0 bridgehead atoms. The highest BCUT2D eigenvalue weighted by molar-refractivity contribution is 6.11. The Morgan fingerprint density at radius 3 is 2.17 bits per heavy atom. The zero-order chi connectivity index (χ0) is 15.7. The van der Waals surface area contributed by atoms with Gasteiger partial charge in [-0.2, -0.15) is 0 Å². The Morgan fingerprint density at radius 2 is 1.57 bits per heavy atom. The molecule has 4 heteroatoms. The lowest BCUT2D eigenvalue weighted by atomic mass is 9.91. The maximum absolute atomic E-state index is 5.48. The quantitative estimate of drug-likeness (QED) is 0.514. The van der Waals surface area contributed by atoms with E-state index >= 15 is 0 Å². The van der Waals surface area contributed by atoms with E-state index in [2.05, 4.69) is 54.9 Å². The first-order valence-corrected chi connectivity index (χ1v) is 7.54. The summed E-state index contributed by atoms with van der Waals surface area (Å²) in [6, 6.07) is 12.9. The number of rotatable bonds is 3. The molecular weight excluding hydrogens is 401 g/mol. The van der Waals surface area contributed by atoms with Crippen molar-refractivity contribution in [2.45, 2.75) is 13.3 Å². The summed E-state index contributed by atoms with van der Waals surface area (Å²) in [5.41, 5.74) is 6.31. The van der Waals surface area contributed by atoms with E-state index in [0.717, 1.165) is 24.5 Å². The Hall–Kier alpha value is -1.56. The van der Waals surface area contributed by atoms with E-state index in [-0.39, 0.29) is 24.0 Å². The molecule has 23 heavy (non-hydrogen) atoms. The molecule has 0 aromatic heterocycles. The fourth-order valence-corrected chi connectivity index (χ4v) is 3.04. The number of ether oxygens (including phenoxy) is 2. The Bertz CT molecular complexity index is 736. The van der Waals surface area contributed by atoms with Gasteiger partial charge < -0.3 is 33.5 Å². The third-order valence-electron chi connectivity index (χ3n) is 4.29. The Morgan fingerprint density at radius 1 is 0.957 bits per heavy atom. The molecule has 0 unspecified atom stereocenters. The predicted molar refractivity (Wildman–Crippen MR) is 88.7 cm³/mol. The van der Waals surface area contributed by atoms with Crippen LogP contribution in [0.2, 0.25) is 0 Å². The smallest absolute Gasteiger partial charge is 0.214 e. The van der Waals surface area contributed by atoms with Gasteiger partial charge >= 0.3 is 0 Å². The number of nitrogens with zero attached hydrogens (tertiary/aromatic N) is 1. The summed E-state index contributed by atoms with van der Waals surface area (Å²) in [7, 11) is 5.51. The van der Waals surface area contributed by atoms with E-state index in [1.54, 1.807) is 14.2 Å². The third kappa shape index (κ3) is 3.37. The monoisotopic (exact) mass is 423 g/mol. The molecule has 3 nitrogen and oxygen atoms in total. The average molecular weight is 423 g/mol. The molecule has 0 amide bonds. The normalized spacial score (nSPS) is 13.2. The molecule has 2 aromatic rings. The fraction of sp³-hybridized carbons (Fsp3) is 0.316. The average Bonchev–Trinajstić information content (AvgIpc) is 2.54. The summed E-state index contributed by atoms with van der Waals surface area (Å²) >= 11 is 0. The third-order valence-corrected chi connectivity index (χ3v) is 4.29. The molecule has 0 spiro atoms. The first-order chi connectivity index (χ1) is 10.6. The highest BCUT2D eigenvalue weighted by atomic mass is 127. The number of fused-ring (bicyclic) bond motifs is 1. The van der Waals surface area contributed by atoms with Gasteiger partial charge in [0.2, 0.25) is 5.71 Å². The first-order valence-electron chi connectivity index (χ1n) is 7.54. The molecule has 0 saturated carbocycles. The van der Waals surface area contributed by atoms with E-state index in [9.17, 15) is 0 Å². The van der Waals surface area contributed by atoms with Crippen LogP contribution in [-0.2, 0) is 6.42 Å². The lowest BCUT2D eigenvalue weighted by molar-refractivity contribution is -0.497. The van der Waals surface area contributed by atoms with Gasteiger partial charge in [-0.15, -0.1) is 0 Å². The van der Waals surface area contributed by atoms with E-state index in [4.69, 9.17) is 9.47 Å². The van der Waals surface area contributed by atoms with Gasteiger partial charge in [-0.1, -0.05) is 17.7 Å². The zero-order valence-corrected chi connectivity index (χ0v) is 16.2. The van der Waals surface area contributed by atoms with Crippen molar-refractivity contribution >= 4 is 5.71 Å². The van der Waals surface area contributed by atoms with Gasteiger partial charge in [-0.3, -0.25) is 0 Å². The molecule has 3 rings (SSSR count). The minimum Gasteiger partial charge on any atom is -1.00 e. The molecule has 122 valence electrons. The van der Waals surface area contributed by atoms with Gasteiger partial charge in [-0.05, 0) is 36.8 Å². The van der Waals surface area contributed by atoms with Gasteiger partial charge in [-0.25, -0.2) is 4.58 Å². The second kappa shape index (κ2) is 7.34. The zero-order valence-electron chi connectivity index (χ0n) is 14.0. The molecule has 0 saturated heterocycles. The van der Waals surface area contributed by atoms with Crippen LogP contribution in [-0.4, -0.2) is 38.1 Å². The van der Waals surface area contributed by atoms with Gasteiger partial charge in [0.1, 0.15) is 13.6 Å². The van der Waals surface area contributed by atoms with Crippen LogP contribution < -0.4 is 33.5 Å². The maximum atomic E-state index is 5.48. The predicted octanol–water partition coefficient (Wildman–Crippen LogP) is 0.0520. The molecule has 1 heterocycles. The molecule has 0 radical (unpaired) electrons. The largest absolute Gasteiger partial charge is 1.00 e. The lowest BCUT2D eigenvalue weighted by Gasteiger charge is -2.19. The van der Waals surface area contributed by atoms with Crippen molar-refractivity contribution < 1.29 is 38.0 Å². The molecule has 0 N–H and O–H groups in total. The molecule has 0 aliphatic carbocycles. The number of likely N-dealkylation sites (N-methyl/N-ethyl adjacent to an activating group) is 1. The fourth-order valence-electron chi connectivity index (χ4n) is 3.04. The summed E-state index contributed by atoms with van der Waals surface area (Å²) in [4.78, 5) is 0. The highest BCUT2D eigenvalue weighted by Crippen LogP contribution is 2.33. The molecule has 0 fully saturated rings. The number of methoxy groups -OCH3 is 2. The second-order valence-corrected chi connectivity index (χ2v) is 5.75. The first kappa shape index (κ1) is 17.8. The van der Waals surface area contributed by atoms with Gasteiger partial charge in [0.25, 0.3) is 0 Å². The minimum atomic E-state index is 0. The van der Waals surface area contributed by atoms with Crippen LogP contribution in [0.15, 0.2) is 36.4 Å². The van der Waals surface area contributed by atoms with Crippen LogP contribution in [0.1, 0.15) is 22.3 Å². The summed E-state index contributed by atoms with van der Waals surface area (Å²) < 4.78 is 13.2. The van der Waals surface area contributed by atoms with Crippen molar-refractivity contribution in [3.8, 4) is 11.5 Å². The van der Waals surface area contributed by atoms with Crippen LogP contribution in [0.3, 0.4) is 0 Å². The van der Waals surface area contributed by atoms with E-state index in [1.807, 2.05) is 0 Å². The van der Waals surface area contributed by atoms with Crippen LogP contribution in [0.4, 0.5) is 0 Å². The van der Waals surface area contributed by atoms with E-state index in [0.29, 0.717) is 0 Å². The van der Waals surface area contributed by atoms with Gasteiger partial charge in [0.15, 0.2) is 11.5 Å². The van der Waals surface area contributed by atoms with Gasteiger partial charge in [0, 0.05) is 12.0 Å². The Balaban J connectivity index is 0.00000192. The highest BCUT2D eigenvalue weighted by Gasteiger charge is 2.27. The summed E-state index contributed by atoms with van der Waals surface area (Å²) in [5, 5.41) is 0. The van der Waals surface area contributed by atoms with Crippen molar-refractivity contribution in [1.29, 1.82) is 0 Å². The Kier molecular flexibility index (Phi) is 5.68. The SMILES string of the molecule is COc1cc2c(cc1OC)C(c1ccc(C)cc1)=[N+](C)CC2.[I-]. The topological polar surface area (TPSA) is 21.5 Å². The molecule has 1 aliphatic heterocycles. The van der Waals surface area contributed by atoms with Crippen molar-refractivity contribution in [2.24, 2.45) is 0 Å². The van der Waals surface area contributed by atoms with Crippen molar-refractivity contribution in [3.05, 3.63) is 58.7 Å². The number of aryl methyl sites for hydroxylation is 1. The van der Waals surface area contributed by atoms with Crippen LogP contribution >= 0.6 is 0 Å². The molecular formula is C19H22INO2. The summed E-state index contributed by atoms with van der Waals surface area (Å²) in [6.45, 7) is 3.12. The van der Waals surface area contributed by atoms with Crippen molar-refractivity contribution in [1.82, 2.24) is 0 Å². The summed E-state index contributed by atoms with van der Waals surface area (Å²) in [6.07, 6.45) is 1.02. The van der Waals surface area contributed by atoms with Crippen LogP contribution in [0.5, 0.6) is 11.5 Å². The standard InChI is InChI=1S/C19H22NO2.HI/c1-13-5-7-14(8-6-13)19-16-12-18(22-4)17(21-3)11-15(16)9-10-20(19)2;/h5-8,11-12H,9-10H2,1-4H3;1H/q+1;/p-1. The second-order valence-electron chi connectivity index (χ2n) is 5.75. The van der Waals surface area contributed by atoms with E-state index < -0.39 is 0 Å². The van der Waals surface area contributed by atoms with Crippen LogP contribution in [0.25, 0.3) is 0 Å². The lowest BCUT2D eigenvalue weighted by Crippen LogP contribution is -3.00. The van der Waals surface area contributed by atoms with Gasteiger partial charge in [0.05, 0.1) is 19.8 Å². The summed E-state index contributed by atoms with van der Waals surface area (Å²) in [5.74, 6) is 1.58. The molecule has 1 aliphatic rings. The molecule has 0 atom stereocenters. The number of hydrogen-bond donors (Lipinski definition) is 0. The van der Waals surface area contributed by atoms with Crippen LogP contribution in [0, 0.1) is 6.92 Å². The Labute approximate surface area is 155 Å².